The summed E-state index contributed by atoms with van der Waals surface area (Å²) in [6.45, 7) is 2.17. The molecular weight excluding hydrogens is 347 g/mol. The maximum Gasteiger partial charge on any atom is 0.471 e. The Morgan fingerprint density at radius 3 is 2.42 bits per heavy atom. The smallest absolute Gasteiger partial charge is 0.352 e. The summed E-state index contributed by atoms with van der Waals surface area (Å²) in [7, 11) is 3.73. The number of likely N-dealkylation sites (N-methyl/N-ethyl adjacent to an activating group) is 1. The average molecular weight is 371 g/mol. The van der Waals surface area contributed by atoms with E-state index in [-0.39, 0.29) is 25.6 Å². The molecule has 0 spiro atoms. The van der Waals surface area contributed by atoms with E-state index in [4.69, 9.17) is 0 Å². The molecule has 0 saturated carbocycles. The van der Waals surface area contributed by atoms with Crippen molar-refractivity contribution in [3.05, 3.63) is 35.4 Å². The first-order chi connectivity index (χ1) is 12.1. The number of hydrogen-bond donors (Lipinski definition) is 1. The number of benzene rings is 1. The van der Waals surface area contributed by atoms with Crippen LogP contribution in [0.5, 0.6) is 0 Å². The quantitative estimate of drug-likeness (QED) is 0.864. The number of carbonyl (C=O) groups is 2. The number of likely N-dealkylation sites (tertiary alicyclic amines) is 1. The van der Waals surface area contributed by atoms with E-state index in [1.807, 2.05) is 50.2 Å². The second kappa shape index (κ2) is 8.07. The molecule has 1 saturated heterocycles. The molecule has 1 aliphatic rings. The topological polar surface area (TPSA) is 52.7 Å². The van der Waals surface area contributed by atoms with Gasteiger partial charge in [-0.1, -0.05) is 29.8 Å². The van der Waals surface area contributed by atoms with Crippen molar-refractivity contribution in [2.24, 2.45) is 0 Å². The van der Waals surface area contributed by atoms with E-state index in [0.717, 1.165) is 11.1 Å². The third kappa shape index (κ3) is 4.75. The summed E-state index contributed by atoms with van der Waals surface area (Å²) in [6, 6.07) is 6.67. The fraction of sp³-hybridized carbons (Fsp3) is 0.556. The first-order valence-electron chi connectivity index (χ1n) is 8.49. The molecule has 5 nitrogen and oxygen atoms in total. The Kier molecular flexibility index (Phi) is 6.28. The van der Waals surface area contributed by atoms with Gasteiger partial charge < -0.3 is 15.1 Å². The lowest BCUT2D eigenvalue weighted by atomic mass is 10.0. The first kappa shape index (κ1) is 20.2. The zero-order chi connectivity index (χ0) is 19.5. The van der Waals surface area contributed by atoms with E-state index in [1.165, 1.54) is 0 Å². The van der Waals surface area contributed by atoms with Crippen LogP contribution < -0.4 is 5.32 Å². The maximum absolute atomic E-state index is 12.7. The van der Waals surface area contributed by atoms with Crippen LogP contribution in [0.3, 0.4) is 0 Å². The Morgan fingerprint density at radius 2 is 1.88 bits per heavy atom. The van der Waals surface area contributed by atoms with Crippen LogP contribution in [-0.2, 0) is 9.59 Å². The second-order valence-corrected chi connectivity index (χ2v) is 6.79. The van der Waals surface area contributed by atoms with E-state index in [2.05, 4.69) is 5.32 Å². The molecule has 1 fully saturated rings. The Balaban J connectivity index is 2.03. The van der Waals surface area contributed by atoms with Gasteiger partial charge in [0, 0.05) is 13.1 Å². The molecule has 2 amide bonds. The molecule has 1 N–H and O–H groups in total. The van der Waals surface area contributed by atoms with Gasteiger partial charge in [0.2, 0.25) is 5.91 Å². The van der Waals surface area contributed by atoms with Gasteiger partial charge in [-0.05, 0) is 39.4 Å². The Labute approximate surface area is 151 Å². The van der Waals surface area contributed by atoms with E-state index in [9.17, 15) is 22.8 Å². The molecule has 144 valence electrons. The Hall–Kier alpha value is -2.09. The largest absolute Gasteiger partial charge is 0.471 e. The maximum atomic E-state index is 12.7. The van der Waals surface area contributed by atoms with Gasteiger partial charge in [0.25, 0.3) is 0 Å². The number of rotatable bonds is 5. The van der Waals surface area contributed by atoms with E-state index in [0.29, 0.717) is 11.3 Å². The highest BCUT2D eigenvalue weighted by Gasteiger charge is 2.47. The monoisotopic (exact) mass is 371 g/mol. The summed E-state index contributed by atoms with van der Waals surface area (Å²) in [5.41, 5.74) is 2.11. The van der Waals surface area contributed by atoms with Crippen molar-refractivity contribution < 1.29 is 22.8 Å². The molecule has 2 atom stereocenters. The minimum Gasteiger partial charge on any atom is -0.352 e. The summed E-state index contributed by atoms with van der Waals surface area (Å²) in [5.74, 6) is -2.49. The average Bonchev–Trinajstić information content (AvgIpc) is 3.04. The van der Waals surface area contributed by atoms with Crippen molar-refractivity contribution in [3.63, 3.8) is 0 Å². The van der Waals surface area contributed by atoms with E-state index in [1.54, 1.807) is 0 Å². The molecule has 1 aromatic rings. The molecule has 0 aliphatic carbocycles. The summed E-state index contributed by atoms with van der Waals surface area (Å²) < 4.78 is 38.0. The summed E-state index contributed by atoms with van der Waals surface area (Å²) >= 11 is 0. The molecule has 2 rings (SSSR count). The molecule has 1 aliphatic heterocycles. The number of halogens is 3. The van der Waals surface area contributed by atoms with Gasteiger partial charge in [-0.25, -0.2) is 0 Å². The van der Waals surface area contributed by atoms with Crippen LogP contribution >= 0.6 is 0 Å². The number of carbonyl (C=O) groups excluding carboxylic acids is 2. The van der Waals surface area contributed by atoms with Crippen molar-refractivity contribution in [2.75, 3.05) is 27.2 Å². The van der Waals surface area contributed by atoms with Crippen molar-refractivity contribution in [2.45, 2.75) is 38.0 Å². The normalized spacial score (nSPS) is 18.9. The highest BCUT2D eigenvalue weighted by molar-refractivity contribution is 5.90. The molecule has 2 unspecified atom stereocenters. The summed E-state index contributed by atoms with van der Waals surface area (Å²) in [4.78, 5) is 26.5. The van der Waals surface area contributed by atoms with Crippen LogP contribution in [0.1, 0.15) is 30.0 Å². The lowest BCUT2D eigenvalue weighted by Gasteiger charge is -2.28. The standard InChI is InChI=1S/C18H24F3N3O2/c1-12-6-8-13(9-7-12)15(23(2)3)11-22-16(25)14-5-4-10-24(14)17(26)18(19,20)21/h6-9,14-15H,4-5,10-11H2,1-3H3,(H,22,25). The number of amides is 2. The predicted octanol–water partition coefficient (Wildman–Crippen LogP) is 2.27. The van der Waals surface area contributed by atoms with Gasteiger partial charge >= 0.3 is 12.1 Å². The van der Waals surface area contributed by atoms with Crippen molar-refractivity contribution >= 4 is 11.8 Å². The van der Waals surface area contributed by atoms with Gasteiger partial charge in [-0.3, -0.25) is 9.59 Å². The fourth-order valence-corrected chi connectivity index (χ4v) is 3.15. The molecule has 8 heteroatoms. The molecule has 0 aromatic heterocycles. The number of hydrogen-bond acceptors (Lipinski definition) is 3. The summed E-state index contributed by atoms with van der Waals surface area (Å²) in [6.07, 6.45) is -4.34. The predicted molar refractivity (Wildman–Crippen MR) is 91.4 cm³/mol. The summed E-state index contributed by atoms with van der Waals surface area (Å²) in [5, 5.41) is 2.71. The molecule has 1 aromatic carbocycles. The number of nitrogens with one attached hydrogen (secondary N) is 1. The van der Waals surface area contributed by atoms with Crippen LogP contribution in [0.2, 0.25) is 0 Å². The molecule has 0 radical (unpaired) electrons. The minimum absolute atomic E-state index is 0.0501. The third-order valence-corrected chi connectivity index (χ3v) is 4.61. The first-order valence-corrected chi connectivity index (χ1v) is 8.49. The number of aryl methyl sites for hydroxylation is 1. The number of nitrogens with zero attached hydrogens (tertiary/aromatic N) is 2. The third-order valence-electron chi connectivity index (χ3n) is 4.61. The van der Waals surface area contributed by atoms with Gasteiger partial charge in [0.05, 0.1) is 6.04 Å². The van der Waals surface area contributed by atoms with Gasteiger partial charge in [-0.2, -0.15) is 13.2 Å². The molecular formula is C18H24F3N3O2. The second-order valence-electron chi connectivity index (χ2n) is 6.79. The minimum atomic E-state index is -4.96. The highest BCUT2D eigenvalue weighted by atomic mass is 19.4. The van der Waals surface area contributed by atoms with E-state index < -0.39 is 24.0 Å². The van der Waals surface area contributed by atoms with Crippen LogP contribution in [0.4, 0.5) is 13.2 Å². The van der Waals surface area contributed by atoms with Crippen molar-refractivity contribution in [3.8, 4) is 0 Å². The van der Waals surface area contributed by atoms with Crippen molar-refractivity contribution in [1.82, 2.24) is 15.1 Å². The van der Waals surface area contributed by atoms with Gasteiger partial charge in [0.15, 0.2) is 0 Å². The van der Waals surface area contributed by atoms with Crippen LogP contribution in [0, 0.1) is 6.92 Å². The van der Waals surface area contributed by atoms with Gasteiger partial charge in [0.1, 0.15) is 6.04 Å². The van der Waals surface area contributed by atoms with Crippen LogP contribution in [-0.4, -0.2) is 61.0 Å². The van der Waals surface area contributed by atoms with Crippen LogP contribution in [0.15, 0.2) is 24.3 Å². The Bertz CT molecular complexity index is 644. The van der Waals surface area contributed by atoms with E-state index >= 15 is 0 Å². The SMILES string of the molecule is Cc1ccc(C(CNC(=O)C2CCCN2C(=O)C(F)(F)F)N(C)C)cc1. The number of alkyl halides is 3. The van der Waals surface area contributed by atoms with Crippen molar-refractivity contribution in [1.29, 1.82) is 0 Å². The molecule has 0 bridgehead atoms. The molecule has 1 heterocycles. The molecule has 26 heavy (non-hydrogen) atoms. The zero-order valence-corrected chi connectivity index (χ0v) is 15.1. The highest BCUT2D eigenvalue weighted by Crippen LogP contribution is 2.26. The van der Waals surface area contributed by atoms with Crippen LogP contribution in [0.25, 0.3) is 0 Å². The zero-order valence-electron chi connectivity index (χ0n) is 15.1. The lowest BCUT2D eigenvalue weighted by Crippen LogP contribution is -2.51. The van der Waals surface area contributed by atoms with Gasteiger partial charge in [-0.15, -0.1) is 0 Å². The fourth-order valence-electron chi connectivity index (χ4n) is 3.15. The Morgan fingerprint density at radius 1 is 1.27 bits per heavy atom. The lowest BCUT2D eigenvalue weighted by molar-refractivity contribution is -0.186.